The quantitative estimate of drug-likeness (QED) is 0.526. The molecule has 0 bridgehead atoms. The molecule has 1 N–H and O–H groups in total. The molecule has 162 valence electrons. The van der Waals surface area contributed by atoms with Gasteiger partial charge in [0, 0.05) is 24.2 Å². The number of nitrogens with one attached hydrogen (secondary N) is 1. The van der Waals surface area contributed by atoms with Crippen LogP contribution in [0.5, 0.6) is 5.75 Å². The fourth-order valence-electron chi connectivity index (χ4n) is 2.83. The van der Waals surface area contributed by atoms with Crippen molar-refractivity contribution in [3.63, 3.8) is 0 Å². The number of amides is 1. The molecule has 0 unspecified atom stereocenters. The highest BCUT2D eigenvalue weighted by Gasteiger charge is 2.18. The standard InChI is InChI=1S/C23H23ClN2O4S/c1-26(13-14-30-21-11-6-10-20(24)16-21)23(27)19-9-5-12-22(15-19)31(28,29)25-17-18-7-3-2-4-8-18/h2-12,15-16,25H,13-14,17H2,1H3. The van der Waals surface area contributed by atoms with Gasteiger partial charge in [-0.25, -0.2) is 13.1 Å². The zero-order chi connectivity index (χ0) is 22.3. The molecular formula is C23H23ClN2O4S. The van der Waals surface area contributed by atoms with E-state index in [-0.39, 0.29) is 29.5 Å². The molecule has 0 saturated carbocycles. The number of carbonyl (C=O) groups excluding carboxylic acids is 1. The molecule has 3 aromatic rings. The molecule has 0 atom stereocenters. The van der Waals surface area contributed by atoms with Gasteiger partial charge in [0.05, 0.1) is 11.4 Å². The smallest absolute Gasteiger partial charge is 0.253 e. The number of sulfonamides is 1. The van der Waals surface area contributed by atoms with Gasteiger partial charge in [0.15, 0.2) is 0 Å². The van der Waals surface area contributed by atoms with Crippen LogP contribution in [0.25, 0.3) is 0 Å². The second-order valence-corrected chi connectivity index (χ2v) is 9.07. The Morgan fingerprint density at radius 2 is 1.74 bits per heavy atom. The lowest BCUT2D eigenvalue weighted by Gasteiger charge is -2.18. The van der Waals surface area contributed by atoms with Crippen molar-refractivity contribution in [2.24, 2.45) is 0 Å². The van der Waals surface area contributed by atoms with E-state index >= 15 is 0 Å². The van der Waals surface area contributed by atoms with Crippen LogP contribution in [-0.2, 0) is 16.6 Å². The minimum Gasteiger partial charge on any atom is -0.492 e. The molecule has 0 aliphatic rings. The number of nitrogens with zero attached hydrogens (tertiary/aromatic N) is 1. The van der Waals surface area contributed by atoms with Crippen LogP contribution in [-0.4, -0.2) is 39.4 Å². The molecule has 3 rings (SSSR count). The van der Waals surface area contributed by atoms with Gasteiger partial charge < -0.3 is 9.64 Å². The van der Waals surface area contributed by atoms with Crippen molar-refractivity contribution in [3.05, 3.63) is 95.0 Å². The van der Waals surface area contributed by atoms with Crippen LogP contribution in [0.2, 0.25) is 5.02 Å². The third-order valence-corrected chi connectivity index (χ3v) is 6.17. The normalized spacial score (nSPS) is 11.2. The van der Waals surface area contributed by atoms with Crippen LogP contribution in [0, 0.1) is 0 Å². The first-order valence-electron chi connectivity index (χ1n) is 9.63. The number of hydrogen-bond acceptors (Lipinski definition) is 4. The van der Waals surface area contributed by atoms with E-state index in [1.807, 2.05) is 30.3 Å². The van der Waals surface area contributed by atoms with Crippen molar-refractivity contribution in [2.75, 3.05) is 20.2 Å². The lowest BCUT2D eigenvalue weighted by atomic mass is 10.2. The van der Waals surface area contributed by atoms with Crippen LogP contribution in [0.3, 0.4) is 0 Å². The van der Waals surface area contributed by atoms with Crippen LogP contribution in [0.15, 0.2) is 83.8 Å². The molecular weight excluding hydrogens is 436 g/mol. The Bertz CT molecular complexity index is 1140. The highest BCUT2D eigenvalue weighted by atomic mass is 35.5. The maximum absolute atomic E-state index is 12.7. The largest absolute Gasteiger partial charge is 0.492 e. The molecule has 0 aromatic heterocycles. The molecule has 0 radical (unpaired) electrons. The predicted molar refractivity (Wildman–Crippen MR) is 121 cm³/mol. The molecule has 0 spiro atoms. The molecule has 0 fully saturated rings. The third-order valence-electron chi connectivity index (χ3n) is 4.54. The van der Waals surface area contributed by atoms with Crippen LogP contribution >= 0.6 is 11.6 Å². The van der Waals surface area contributed by atoms with E-state index in [4.69, 9.17) is 16.3 Å². The van der Waals surface area contributed by atoms with E-state index in [2.05, 4.69) is 4.72 Å². The maximum atomic E-state index is 12.7. The van der Waals surface area contributed by atoms with Crippen molar-refractivity contribution < 1.29 is 17.9 Å². The van der Waals surface area contributed by atoms with Crippen molar-refractivity contribution in [3.8, 4) is 5.75 Å². The summed E-state index contributed by atoms with van der Waals surface area (Å²) in [5, 5.41) is 0.570. The van der Waals surface area contributed by atoms with Gasteiger partial charge in [-0.05, 0) is 42.0 Å². The Balaban J connectivity index is 1.60. The Morgan fingerprint density at radius 3 is 2.48 bits per heavy atom. The number of hydrogen-bond donors (Lipinski definition) is 1. The summed E-state index contributed by atoms with van der Waals surface area (Å²) in [6, 6.07) is 22.2. The molecule has 1 amide bonds. The molecule has 0 aliphatic heterocycles. The summed E-state index contributed by atoms with van der Waals surface area (Å²) in [6.45, 7) is 0.774. The van der Waals surface area contributed by atoms with E-state index in [0.717, 1.165) is 5.56 Å². The van der Waals surface area contributed by atoms with E-state index in [1.54, 1.807) is 43.4 Å². The number of carbonyl (C=O) groups is 1. The Kier molecular flexibility index (Phi) is 7.68. The van der Waals surface area contributed by atoms with Gasteiger partial charge >= 0.3 is 0 Å². The summed E-state index contributed by atoms with van der Waals surface area (Å²) < 4.78 is 33.5. The predicted octanol–water partition coefficient (Wildman–Crippen LogP) is 3.97. The minimum atomic E-state index is -3.76. The Labute approximate surface area is 187 Å². The Morgan fingerprint density at radius 1 is 1.00 bits per heavy atom. The van der Waals surface area contributed by atoms with Gasteiger partial charge in [-0.15, -0.1) is 0 Å². The summed E-state index contributed by atoms with van der Waals surface area (Å²) in [7, 11) is -2.12. The number of likely N-dealkylation sites (N-methyl/N-ethyl adjacent to an activating group) is 1. The molecule has 31 heavy (non-hydrogen) atoms. The molecule has 0 saturated heterocycles. The van der Waals surface area contributed by atoms with Crippen molar-refractivity contribution in [2.45, 2.75) is 11.4 Å². The number of ether oxygens (including phenoxy) is 1. The number of benzene rings is 3. The number of halogens is 1. The first kappa shape index (κ1) is 22.8. The fourth-order valence-corrected chi connectivity index (χ4v) is 4.08. The van der Waals surface area contributed by atoms with Gasteiger partial charge in [-0.1, -0.05) is 54.1 Å². The monoisotopic (exact) mass is 458 g/mol. The zero-order valence-electron chi connectivity index (χ0n) is 17.0. The van der Waals surface area contributed by atoms with Gasteiger partial charge in [0.2, 0.25) is 10.0 Å². The summed E-state index contributed by atoms with van der Waals surface area (Å²) >= 11 is 5.93. The van der Waals surface area contributed by atoms with Gasteiger partial charge in [0.1, 0.15) is 12.4 Å². The first-order chi connectivity index (χ1) is 14.8. The second-order valence-electron chi connectivity index (χ2n) is 6.87. The van der Waals surface area contributed by atoms with E-state index in [1.165, 1.54) is 17.0 Å². The minimum absolute atomic E-state index is 0.0397. The highest BCUT2D eigenvalue weighted by molar-refractivity contribution is 7.89. The lowest BCUT2D eigenvalue weighted by Crippen LogP contribution is -2.31. The average molecular weight is 459 g/mol. The van der Waals surface area contributed by atoms with E-state index < -0.39 is 10.0 Å². The molecule has 8 heteroatoms. The summed E-state index contributed by atoms with van der Waals surface area (Å²) in [5.74, 6) is 0.320. The highest BCUT2D eigenvalue weighted by Crippen LogP contribution is 2.17. The summed E-state index contributed by atoms with van der Waals surface area (Å²) in [5.41, 5.74) is 1.13. The zero-order valence-corrected chi connectivity index (χ0v) is 18.6. The summed E-state index contributed by atoms with van der Waals surface area (Å²) in [4.78, 5) is 14.3. The first-order valence-corrected chi connectivity index (χ1v) is 11.5. The van der Waals surface area contributed by atoms with Gasteiger partial charge in [-0.2, -0.15) is 0 Å². The van der Waals surface area contributed by atoms with Crippen LogP contribution in [0.4, 0.5) is 0 Å². The van der Waals surface area contributed by atoms with Crippen LogP contribution < -0.4 is 9.46 Å². The molecule has 3 aromatic carbocycles. The molecule has 0 heterocycles. The van der Waals surface area contributed by atoms with Crippen molar-refractivity contribution in [1.29, 1.82) is 0 Å². The van der Waals surface area contributed by atoms with Crippen molar-refractivity contribution >= 4 is 27.5 Å². The van der Waals surface area contributed by atoms with Crippen molar-refractivity contribution in [1.82, 2.24) is 9.62 Å². The van der Waals surface area contributed by atoms with Crippen LogP contribution in [0.1, 0.15) is 15.9 Å². The Hall–Kier alpha value is -2.87. The third kappa shape index (κ3) is 6.55. The maximum Gasteiger partial charge on any atom is 0.253 e. The fraction of sp³-hybridized carbons (Fsp3) is 0.174. The van der Waals surface area contributed by atoms with Gasteiger partial charge in [-0.3, -0.25) is 4.79 Å². The van der Waals surface area contributed by atoms with E-state index in [9.17, 15) is 13.2 Å². The van der Waals surface area contributed by atoms with E-state index in [0.29, 0.717) is 17.3 Å². The summed E-state index contributed by atoms with van der Waals surface area (Å²) in [6.07, 6.45) is 0. The second kappa shape index (κ2) is 10.4. The average Bonchev–Trinajstić information content (AvgIpc) is 2.78. The molecule has 0 aliphatic carbocycles. The lowest BCUT2D eigenvalue weighted by molar-refractivity contribution is 0.0773. The SMILES string of the molecule is CN(CCOc1cccc(Cl)c1)C(=O)c1cccc(S(=O)(=O)NCc2ccccc2)c1. The number of rotatable bonds is 9. The topological polar surface area (TPSA) is 75.7 Å². The van der Waals surface area contributed by atoms with Gasteiger partial charge in [0.25, 0.3) is 5.91 Å². The molecule has 6 nitrogen and oxygen atoms in total.